The van der Waals surface area contributed by atoms with Crippen LogP contribution in [0.25, 0.3) is 0 Å². The largest absolute Gasteiger partial charge is 0.478 e. The molecular weight excluding hydrogens is 280 g/mol. The summed E-state index contributed by atoms with van der Waals surface area (Å²) in [6.07, 6.45) is 1.79. The van der Waals surface area contributed by atoms with E-state index >= 15 is 0 Å². The summed E-state index contributed by atoms with van der Waals surface area (Å²) >= 11 is 0. The van der Waals surface area contributed by atoms with E-state index in [-0.39, 0.29) is 17.5 Å². The predicted molar refractivity (Wildman–Crippen MR) is 72.2 cm³/mol. The van der Waals surface area contributed by atoms with Crippen molar-refractivity contribution in [2.45, 2.75) is 32.7 Å². The number of rotatable bonds is 2. The van der Waals surface area contributed by atoms with E-state index in [4.69, 9.17) is 5.11 Å². The van der Waals surface area contributed by atoms with Crippen LogP contribution in [0.1, 0.15) is 47.4 Å². The van der Waals surface area contributed by atoms with Crippen molar-refractivity contribution >= 4 is 11.9 Å². The molecule has 1 amide bonds. The lowest BCUT2D eigenvalue weighted by Gasteiger charge is -2.38. The fourth-order valence-corrected chi connectivity index (χ4v) is 2.68. The van der Waals surface area contributed by atoms with Crippen molar-refractivity contribution in [1.82, 2.24) is 4.90 Å². The first kappa shape index (κ1) is 15.4. The zero-order valence-electron chi connectivity index (χ0n) is 11.9. The number of carboxylic acid groups (broad SMARTS) is 1. The number of hydrogen-bond donors (Lipinski definition) is 1. The van der Waals surface area contributed by atoms with Gasteiger partial charge in [-0.15, -0.1) is 0 Å². The smallest absolute Gasteiger partial charge is 0.336 e. The normalized spacial score (nSPS) is 22.2. The molecule has 1 aromatic rings. The van der Waals surface area contributed by atoms with Gasteiger partial charge in [0.1, 0.15) is 0 Å². The Balaban J connectivity index is 2.43. The number of halogens is 2. The van der Waals surface area contributed by atoms with Crippen LogP contribution in [0.5, 0.6) is 0 Å². The lowest BCUT2D eigenvalue weighted by molar-refractivity contribution is 0.0539. The number of amides is 1. The summed E-state index contributed by atoms with van der Waals surface area (Å²) in [7, 11) is 0. The van der Waals surface area contributed by atoms with Gasteiger partial charge < -0.3 is 10.0 Å². The zero-order valence-corrected chi connectivity index (χ0v) is 11.9. The van der Waals surface area contributed by atoms with Gasteiger partial charge in [-0.25, -0.2) is 13.6 Å². The number of nitrogens with zero attached hydrogens (tertiary/aromatic N) is 1. The maximum atomic E-state index is 13.4. The number of carbonyl (C=O) groups excluding carboxylic acids is 1. The number of aromatic carboxylic acids is 1. The van der Waals surface area contributed by atoms with Crippen LogP contribution in [0.4, 0.5) is 8.78 Å². The highest BCUT2D eigenvalue weighted by atomic mass is 19.2. The molecule has 1 fully saturated rings. The fourth-order valence-electron chi connectivity index (χ4n) is 2.68. The minimum absolute atomic E-state index is 0.0685. The maximum absolute atomic E-state index is 13.4. The molecule has 1 N–H and O–H groups in total. The fraction of sp³-hybridized carbons (Fsp3) is 0.467. The van der Waals surface area contributed by atoms with Crippen LogP contribution in [0.2, 0.25) is 0 Å². The van der Waals surface area contributed by atoms with E-state index in [9.17, 15) is 18.4 Å². The summed E-state index contributed by atoms with van der Waals surface area (Å²) in [5, 5.41) is 9.09. The van der Waals surface area contributed by atoms with Crippen LogP contribution >= 0.6 is 0 Å². The number of hydrogen-bond acceptors (Lipinski definition) is 2. The molecular formula is C15H17F2NO3. The van der Waals surface area contributed by atoms with E-state index in [1.54, 1.807) is 0 Å². The van der Waals surface area contributed by atoms with E-state index in [0.29, 0.717) is 18.7 Å². The molecule has 21 heavy (non-hydrogen) atoms. The highest BCUT2D eigenvalue weighted by Crippen LogP contribution is 2.26. The molecule has 6 heteroatoms. The van der Waals surface area contributed by atoms with Gasteiger partial charge in [-0.1, -0.05) is 6.92 Å². The highest BCUT2D eigenvalue weighted by Gasteiger charge is 2.31. The van der Waals surface area contributed by atoms with Gasteiger partial charge in [0.05, 0.1) is 11.1 Å². The molecule has 1 saturated heterocycles. The molecule has 0 aliphatic carbocycles. The Bertz CT molecular complexity index is 589. The summed E-state index contributed by atoms with van der Waals surface area (Å²) in [6, 6.07) is 1.16. The second-order valence-electron chi connectivity index (χ2n) is 5.48. The Hall–Kier alpha value is -1.98. The van der Waals surface area contributed by atoms with Crippen molar-refractivity contribution in [3.63, 3.8) is 0 Å². The van der Waals surface area contributed by atoms with Crippen LogP contribution in [0.3, 0.4) is 0 Å². The Morgan fingerprint density at radius 2 is 1.76 bits per heavy atom. The van der Waals surface area contributed by atoms with Crippen molar-refractivity contribution in [1.29, 1.82) is 0 Å². The van der Waals surface area contributed by atoms with Crippen molar-refractivity contribution in [3.05, 3.63) is 34.9 Å². The number of likely N-dealkylation sites (tertiary alicyclic amines) is 1. The van der Waals surface area contributed by atoms with Crippen LogP contribution in [0, 0.1) is 17.6 Å². The topological polar surface area (TPSA) is 57.6 Å². The quantitative estimate of drug-likeness (QED) is 0.913. The first-order valence-corrected chi connectivity index (χ1v) is 6.86. The standard InChI is InChI=1S/C15H17F2NO3/c1-8-4-3-5-18(9(8)2)14(19)10-6-12(16)13(17)7-11(10)15(20)21/h6-9H,3-5H2,1-2H3,(H,20,21). The highest BCUT2D eigenvalue weighted by molar-refractivity contribution is 6.05. The monoisotopic (exact) mass is 297 g/mol. The van der Waals surface area contributed by atoms with Crippen LogP contribution < -0.4 is 0 Å². The summed E-state index contributed by atoms with van der Waals surface area (Å²) in [5.74, 6) is -4.23. The van der Waals surface area contributed by atoms with Gasteiger partial charge in [0.25, 0.3) is 5.91 Å². The van der Waals surface area contributed by atoms with E-state index in [0.717, 1.165) is 12.8 Å². The van der Waals surface area contributed by atoms with Gasteiger partial charge in [-0.05, 0) is 37.8 Å². The first-order chi connectivity index (χ1) is 9.82. The van der Waals surface area contributed by atoms with E-state index in [1.165, 1.54) is 4.90 Å². The molecule has 114 valence electrons. The molecule has 2 unspecified atom stereocenters. The van der Waals surface area contributed by atoms with Crippen LogP contribution in [-0.4, -0.2) is 34.5 Å². The molecule has 0 radical (unpaired) electrons. The van der Waals surface area contributed by atoms with Gasteiger partial charge in [0.15, 0.2) is 11.6 Å². The van der Waals surface area contributed by atoms with E-state index < -0.39 is 29.1 Å². The van der Waals surface area contributed by atoms with Gasteiger partial charge in [0, 0.05) is 12.6 Å². The second-order valence-corrected chi connectivity index (χ2v) is 5.48. The molecule has 0 bridgehead atoms. The SMILES string of the molecule is CC1CCCN(C(=O)c2cc(F)c(F)cc2C(=O)O)C1C. The summed E-state index contributed by atoms with van der Waals surface area (Å²) < 4.78 is 26.6. The molecule has 1 aromatic carbocycles. The van der Waals surface area contributed by atoms with Crippen LogP contribution in [0.15, 0.2) is 12.1 Å². The third-order valence-corrected chi connectivity index (χ3v) is 4.16. The summed E-state index contributed by atoms with van der Waals surface area (Å²) in [6.45, 7) is 4.37. The van der Waals surface area contributed by atoms with Gasteiger partial charge in [0.2, 0.25) is 0 Å². The minimum atomic E-state index is -1.45. The van der Waals surface area contributed by atoms with Gasteiger partial charge in [-0.2, -0.15) is 0 Å². The van der Waals surface area contributed by atoms with Crippen LogP contribution in [-0.2, 0) is 0 Å². The molecule has 1 aliphatic heterocycles. The lowest BCUT2D eigenvalue weighted by Crippen LogP contribution is -2.46. The third kappa shape index (κ3) is 2.89. The number of benzene rings is 1. The maximum Gasteiger partial charge on any atom is 0.336 e. The van der Waals surface area contributed by atoms with Crippen molar-refractivity contribution in [2.75, 3.05) is 6.54 Å². The molecule has 4 nitrogen and oxygen atoms in total. The Morgan fingerprint density at radius 3 is 2.33 bits per heavy atom. The Labute approximate surface area is 121 Å². The van der Waals surface area contributed by atoms with E-state index in [1.807, 2.05) is 13.8 Å². The van der Waals surface area contributed by atoms with Crippen molar-refractivity contribution in [2.24, 2.45) is 5.92 Å². The molecule has 1 heterocycles. The first-order valence-electron chi connectivity index (χ1n) is 6.86. The average Bonchev–Trinajstić information content (AvgIpc) is 2.43. The Kier molecular flexibility index (Phi) is 4.25. The Morgan fingerprint density at radius 1 is 1.19 bits per heavy atom. The molecule has 0 aromatic heterocycles. The molecule has 0 spiro atoms. The minimum Gasteiger partial charge on any atom is -0.478 e. The van der Waals surface area contributed by atoms with Crippen molar-refractivity contribution in [3.8, 4) is 0 Å². The number of carboxylic acids is 1. The van der Waals surface area contributed by atoms with Gasteiger partial charge >= 0.3 is 5.97 Å². The van der Waals surface area contributed by atoms with Gasteiger partial charge in [-0.3, -0.25) is 4.79 Å². The predicted octanol–water partition coefficient (Wildman–Crippen LogP) is 2.92. The summed E-state index contributed by atoms with van der Waals surface area (Å²) in [5.41, 5.74) is -0.813. The van der Waals surface area contributed by atoms with E-state index in [2.05, 4.69) is 0 Å². The third-order valence-electron chi connectivity index (χ3n) is 4.16. The second kappa shape index (κ2) is 5.79. The lowest BCUT2D eigenvalue weighted by atomic mass is 9.91. The number of piperidine rings is 1. The zero-order chi connectivity index (χ0) is 15.7. The number of carbonyl (C=O) groups is 2. The van der Waals surface area contributed by atoms with Crippen molar-refractivity contribution < 1.29 is 23.5 Å². The molecule has 0 saturated carbocycles. The molecule has 1 aliphatic rings. The average molecular weight is 297 g/mol. The summed E-state index contributed by atoms with van der Waals surface area (Å²) in [4.78, 5) is 25.2. The molecule has 2 rings (SSSR count). The molecule has 2 atom stereocenters.